The first-order valence-corrected chi connectivity index (χ1v) is 9.70. The van der Waals surface area contributed by atoms with E-state index in [-0.39, 0.29) is 16.5 Å². The largest absolute Gasteiger partial charge is 0.321 e. The van der Waals surface area contributed by atoms with Gasteiger partial charge in [0.1, 0.15) is 5.82 Å². The molecule has 9 heteroatoms. The molecule has 27 heavy (non-hydrogen) atoms. The van der Waals surface area contributed by atoms with E-state index >= 15 is 0 Å². The molecule has 2 aromatic carbocycles. The van der Waals surface area contributed by atoms with Gasteiger partial charge in [-0.15, -0.1) is 0 Å². The van der Waals surface area contributed by atoms with Crippen LogP contribution in [0.5, 0.6) is 0 Å². The monoisotopic (exact) mass is 441 g/mol. The van der Waals surface area contributed by atoms with Crippen LogP contribution < -0.4 is 5.32 Å². The first kappa shape index (κ1) is 19.9. The highest BCUT2D eigenvalue weighted by Gasteiger charge is 2.15. The van der Waals surface area contributed by atoms with Crippen LogP contribution in [0.2, 0.25) is 15.1 Å². The third-order valence-electron chi connectivity index (χ3n) is 3.40. The lowest BCUT2D eigenvalue weighted by molar-refractivity contribution is 0.102. The summed E-state index contributed by atoms with van der Waals surface area (Å²) in [6.45, 7) is 0. The van der Waals surface area contributed by atoms with Gasteiger partial charge in [-0.2, -0.15) is 0 Å². The highest BCUT2D eigenvalue weighted by atomic mass is 35.5. The van der Waals surface area contributed by atoms with Gasteiger partial charge in [-0.25, -0.2) is 14.4 Å². The van der Waals surface area contributed by atoms with E-state index in [0.717, 1.165) is 5.56 Å². The van der Waals surface area contributed by atoms with Gasteiger partial charge in [0.15, 0.2) is 10.9 Å². The van der Waals surface area contributed by atoms with Crippen LogP contribution in [0.25, 0.3) is 0 Å². The van der Waals surface area contributed by atoms with Crippen molar-refractivity contribution in [3.8, 4) is 0 Å². The third kappa shape index (κ3) is 5.32. The zero-order valence-corrected chi connectivity index (χ0v) is 16.6. The quantitative estimate of drug-likeness (QED) is 0.382. The lowest BCUT2D eigenvalue weighted by atomic mass is 10.2. The Bertz CT molecular complexity index is 986. The Morgan fingerprint density at radius 2 is 1.78 bits per heavy atom. The summed E-state index contributed by atoms with van der Waals surface area (Å²) in [5, 5.41) is 3.87. The summed E-state index contributed by atoms with van der Waals surface area (Å²) in [6.07, 6.45) is 1.37. The van der Waals surface area contributed by atoms with Crippen molar-refractivity contribution in [1.29, 1.82) is 0 Å². The van der Waals surface area contributed by atoms with Crippen molar-refractivity contribution in [3.05, 3.63) is 80.8 Å². The standard InChI is InChI=1S/C18H11Cl3FN3OS/c19-13-6-5-12(7-14(13)20)24-17(26)16-15(21)8-23-18(25-16)27-9-10-1-3-11(22)4-2-10/h1-8H,9H2,(H,24,26). The Hall–Kier alpha value is -1.86. The van der Waals surface area contributed by atoms with E-state index in [4.69, 9.17) is 34.8 Å². The normalized spacial score (nSPS) is 10.7. The number of rotatable bonds is 5. The van der Waals surface area contributed by atoms with Gasteiger partial charge in [0, 0.05) is 11.4 Å². The SMILES string of the molecule is O=C(Nc1ccc(Cl)c(Cl)c1)c1nc(SCc2ccc(F)cc2)ncc1Cl. The molecule has 0 saturated carbocycles. The smallest absolute Gasteiger partial charge is 0.275 e. The topological polar surface area (TPSA) is 54.9 Å². The van der Waals surface area contributed by atoms with Crippen molar-refractivity contribution in [2.75, 3.05) is 5.32 Å². The molecule has 0 radical (unpaired) electrons. The Morgan fingerprint density at radius 3 is 2.48 bits per heavy atom. The number of nitrogens with one attached hydrogen (secondary N) is 1. The molecule has 0 unspecified atom stereocenters. The number of carbonyl (C=O) groups is 1. The van der Waals surface area contributed by atoms with E-state index in [0.29, 0.717) is 26.6 Å². The van der Waals surface area contributed by atoms with Gasteiger partial charge in [-0.05, 0) is 35.9 Å². The molecule has 0 atom stereocenters. The van der Waals surface area contributed by atoms with Gasteiger partial charge in [0.05, 0.1) is 21.3 Å². The maximum Gasteiger partial charge on any atom is 0.275 e. The summed E-state index contributed by atoms with van der Waals surface area (Å²) < 4.78 is 13.0. The maximum absolute atomic E-state index is 13.0. The predicted octanol–water partition coefficient (Wildman–Crippen LogP) is 6.12. The molecule has 1 amide bonds. The molecule has 1 N–H and O–H groups in total. The van der Waals surface area contributed by atoms with Crippen LogP contribution in [0.1, 0.15) is 16.1 Å². The van der Waals surface area contributed by atoms with Crippen molar-refractivity contribution in [1.82, 2.24) is 9.97 Å². The molecular formula is C18H11Cl3FN3OS. The maximum atomic E-state index is 13.0. The number of halogens is 4. The highest BCUT2D eigenvalue weighted by molar-refractivity contribution is 7.98. The molecule has 3 aromatic rings. The van der Waals surface area contributed by atoms with Crippen LogP contribution in [0.3, 0.4) is 0 Å². The number of anilines is 1. The highest BCUT2D eigenvalue weighted by Crippen LogP contribution is 2.26. The minimum atomic E-state index is -0.496. The van der Waals surface area contributed by atoms with Crippen molar-refractivity contribution >= 4 is 58.2 Å². The Labute approximate surface area is 174 Å². The van der Waals surface area contributed by atoms with Gasteiger partial charge < -0.3 is 5.32 Å². The van der Waals surface area contributed by atoms with Crippen LogP contribution in [-0.4, -0.2) is 15.9 Å². The zero-order chi connectivity index (χ0) is 19.4. The number of carbonyl (C=O) groups excluding carboxylic acids is 1. The molecule has 0 spiro atoms. The number of aromatic nitrogens is 2. The molecule has 0 saturated heterocycles. The predicted molar refractivity (Wildman–Crippen MR) is 107 cm³/mol. The van der Waals surface area contributed by atoms with E-state index in [1.165, 1.54) is 36.2 Å². The van der Waals surface area contributed by atoms with E-state index in [1.54, 1.807) is 24.3 Å². The fraction of sp³-hybridized carbons (Fsp3) is 0.0556. The third-order valence-corrected chi connectivity index (χ3v) is 5.34. The summed E-state index contributed by atoms with van der Waals surface area (Å²) in [4.78, 5) is 20.8. The first-order valence-electron chi connectivity index (χ1n) is 7.58. The number of hydrogen-bond acceptors (Lipinski definition) is 4. The number of amides is 1. The second-order valence-electron chi connectivity index (χ2n) is 5.35. The summed E-state index contributed by atoms with van der Waals surface area (Å²) >= 11 is 19.2. The molecule has 0 bridgehead atoms. The molecule has 0 aliphatic rings. The number of benzene rings is 2. The average Bonchev–Trinajstić information content (AvgIpc) is 2.65. The van der Waals surface area contributed by atoms with E-state index in [9.17, 15) is 9.18 Å². The van der Waals surface area contributed by atoms with Crippen LogP contribution in [-0.2, 0) is 5.75 Å². The molecule has 0 aliphatic heterocycles. The fourth-order valence-electron chi connectivity index (χ4n) is 2.07. The number of thioether (sulfide) groups is 1. The lowest BCUT2D eigenvalue weighted by Crippen LogP contribution is -2.15. The summed E-state index contributed by atoms with van der Waals surface area (Å²) in [6, 6.07) is 10.8. The van der Waals surface area contributed by atoms with Gasteiger partial charge in [0.2, 0.25) is 0 Å². The summed E-state index contributed by atoms with van der Waals surface area (Å²) in [5.74, 6) is -0.271. The Balaban J connectivity index is 1.72. The zero-order valence-electron chi connectivity index (χ0n) is 13.5. The molecule has 4 nitrogen and oxygen atoms in total. The Morgan fingerprint density at radius 1 is 1.04 bits per heavy atom. The molecule has 3 rings (SSSR count). The number of nitrogens with zero attached hydrogens (tertiary/aromatic N) is 2. The second kappa shape index (κ2) is 8.89. The van der Waals surface area contributed by atoms with Crippen molar-refractivity contribution in [2.45, 2.75) is 10.9 Å². The van der Waals surface area contributed by atoms with E-state index < -0.39 is 5.91 Å². The molecule has 0 aliphatic carbocycles. The van der Waals surface area contributed by atoms with Crippen molar-refractivity contribution in [3.63, 3.8) is 0 Å². The van der Waals surface area contributed by atoms with E-state index in [1.807, 2.05) is 0 Å². The minimum Gasteiger partial charge on any atom is -0.321 e. The number of hydrogen-bond donors (Lipinski definition) is 1. The van der Waals surface area contributed by atoms with Gasteiger partial charge >= 0.3 is 0 Å². The second-order valence-corrected chi connectivity index (χ2v) is 7.51. The van der Waals surface area contributed by atoms with Crippen LogP contribution in [0.15, 0.2) is 53.8 Å². The van der Waals surface area contributed by atoms with Crippen molar-refractivity contribution in [2.24, 2.45) is 0 Å². The van der Waals surface area contributed by atoms with Crippen LogP contribution in [0.4, 0.5) is 10.1 Å². The average molecular weight is 443 g/mol. The van der Waals surface area contributed by atoms with Gasteiger partial charge in [0.25, 0.3) is 5.91 Å². The van der Waals surface area contributed by atoms with Crippen LogP contribution in [0, 0.1) is 5.82 Å². The summed E-state index contributed by atoms with van der Waals surface area (Å²) in [7, 11) is 0. The fourth-order valence-corrected chi connectivity index (χ4v) is 3.32. The first-order chi connectivity index (χ1) is 12.9. The van der Waals surface area contributed by atoms with Crippen LogP contribution >= 0.6 is 46.6 Å². The molecular weight excluding hydrogens is 432 g/mol. The summed E-state index contributed by atoms with van der Waals surface area (Å²) in [5.41, 5.74) is 1.41. The van der Waals surface area contributed by atoms with E-state index in [2.05, 4.69) is 15.3 Å². The molecule has 1 aromatic heterocycles. The molecule has 0 fully saturated rings. The molecule has 138 valence electrons. The molecule has 1 heterocycles. The van der Waals surface area contributed by atoms with Gasteiger partial charge in [-0.1, -0.05) is 58.7 Å². The Kier molecular flexibility index (Phi) is 6.55. The van der Waals surface area contributed by atoms with Crippen molar-refractivity contribution < 1.29 is 9.18 Å². The van der Waals surface area contributed by atoms with Gasteiger partial charge in [-0.3, -0.25) is 4.79 Å². The lowest BCUT2D eigenvalue weighted by Gasteiger charge is -2.08. The minimum absolute atomic E-state index is 0.0411.